The Morgan fingerprint density at radius 2 is 1.14 bits per heavy atom. The van der Waals surface area contributed by atoms with Gasteiger partial charge in [0.1, 0.15) is 0 Å². The molecular weight excluding hydrogens is 472 g/mol. The molecule has 0 bridgehead atoms. The summed E-state index contributed by atoms with van der Waals surface area (Å²) in [4.78, 5) is 31.4. The van der Waals surface area contributed by atoms with E-state index in [-0.39, 0.29) is 23.0 Å². The van der Waals surface area contributed by atoms with Gasteiger partial charge in [0, 0.05) is 12.4 Å². The van der Waals surface area contributed by atoms with Crippen LogP contribution in [0, 0.1) is 34.5 Å². The van der Waals surface area contributed by atoms with Gasteiger partial charge < -0.3 is 9.47 Å². The molecule has 0 saturated carbocycles. The zero-order chi connectivity index (χ0) is 25.8. The van der Waals surface area contributed by atoms with Gasteiger partial charge >= 0.3 is 11.9 Å². The van der Waals surface area contributed by atoms with Crippen LogP contribution in [0.25, 0.3) is 0 Å². The summed E-state index contributed by atoms with van der Waals surface area (Å²) in [5, 5.41) is 18.1. The fourth-order valence-electron chi connectivity index (χ4n) is 2.64. The molecule has 0 aliphatic heterocycles. The van der Waals surface area contributed by atoms with Crippen molar-refractivity contribution in [2.45, 2.75) is 23.6 Å². The van der Waals surface area contributed by atoms with Gasteiger partial charge in [-0.15, -0.1) is 0 Å². The number of benzene rings is 2. The van der Waals surface area contributed by atoms with Crippen LogP contribution in [0.1, 0.15) is 13.8 Å². The number of nitriles is 2. The van der Waals surface area contributed by atoms with Crippen molar-refractivity contribution in [2.24, 2.45) is 21.8 Å². The van der Waals surface area contributed by atoms with Gasteiger partial charge in [-0.05, 0) is 62.4 Å². The molecule has 35 heavy (non-hydrogen) atoms. The topological polar surface area (TPSA) is 159 Å². The van der Waals surface area contributed by atoms with Crippen molar-refractivity contribution >= 4 is 45.6 Å². The highest BCUT2D eigenvalue weighted by Gasteiger charge is 2.19. The van der Waals surface area contributed by atoms with Crippen molar-refractivity contribution < 1.29 is 27.5 Å². The van der Waals surface area contributed by atoms with E-state index in [0.29, 0.717) is 11.4 Å². The highest BCUT2D eigenvalue weighted by molar-refractivity contribution is 7.91. The summed E-state index contributed by atoms with van der Waals surface area (Å²) < 4.78 is 35.4. The van der Waals surface area contributed by atoms with Crippen LogP contribution in [-0.2, 0) is 28.9 Å². The predicted octanol–water partition coefficient (Wildman–Crippen LogP) is 3.33. The van der Waals surface area contributed by atoms with Crippen LogP contribution in [0.2, 0.25) is 0 Å². The van der Waals surface area contributed by atoms with E-state index in [1.807, 2.05) is 0 Å². The minimum Gasteiger partial charge on any atom is -0.465 e. The third-order valence-electron chi connectivity index (χ3n) is 4.40. The summed E-state index contributed by atoms with van der Waals surface area (Å²) in [5.41, 5.74) is 0.707. The molecule has 2 atom stereocenters. The number of hydrogen-bond acceptors (Lipinski definition) is 10. The molecule has 11 heteroatoms. The molecule has 2 unspecified atom stereocenters. The van der Waals surface area contributed by atoms with Crippen LogP contribution in [-0.4, -0.2) is 46.0 Å². The van der Waals surface area contributed by atoms with Gasteiger partial charge in [-0.3, -0.25) is 19.6 Å². The molecule has 0 aliphatic rings. The summed E-state index contributed by atoms with van der Waals surface area (Å²) in [7, 11) is -3.84. The maximum absolute atomic E-state index is 12.9. The molecular formula is C24H22N4O6S. The second-order valence-corrected chi connectivity index (χ2v) is 8.71. The lowest BCUT2D eigenvalue weighted by molar-refractivity contribution is -0.144. The normalized spacial score (nSPS) is 13.0. The molecule has 0 aliphatic carbocycles. The number of sulfone groups is 1. The summed E-state index contributed by atoms with van der Waals surface area (Å²) in [6.07, 6.45) is 2.28. The molecule has 0 amide bonds. The standard InChI is InChI=1S/C24H22N4O6S/c1-3-33-23(29)17(13-25)15-27-19-5-9-21(10-6-19)35(31,32)22-11-7-20(8-12-22)28-16-18(14-26)24(30)34-4-2/h5-12,15-18H,3-4H2,1-2H3. The van der Waals surface area contributed by atoms with E-state index in [1.165, 1.54) is 48.5 Å². The van der Waals surface area contributed by atoms with Crippen LogP contribution in [0.5, 0.6) is 0 Å². The zero-order valence-electron chi connectivity index (χ0n) is 19.0. The van der Waals surface area contributed by atoms with E-state index < -0.39 is 33.6 Å². The van der Waals surface area contributed by atoms with Gasteiger partial charge in [-0.2, -0.15) is 10.5 Å². The Hall–Kier alpha value is -4.35. The second kappa shape index (κ2) is 12.8. The molecule has 2 aromatic carbocycles. The molecule has 0 fully saturated rings. The molecule has 0 heterocycles. The van der Waals surface area contributed by atoms with Crippen molar-refractivity contribution in [3.8, 4) is 12.1 Å². The number of carbonyl (C=O) groups excluding carboxylic acids is 2. The monoisotopic (exact) mass is 494 g/mol. The second-order valence-electron chi connectivity index (χ2n) is 6.77. The number of esters is 2. The Labute approximate surface area is 203 Å². The smallest absolute Gasteiger partial charge is 0.328 e. The van der Waals surface area contributed by atoms with E-state index in [9.17, 15) is 18.0 Å². The van der Waals surface area contributed by atoms with Crippen LogP contribution in [0.4, 0.5) is 11.4 Å². The average molecular weight is 495 g/mol. The molecule has 2 aromatic rings. The van der Waals surface area contributed by atoms with E-state index in [0.717, 1.165) is 12.4 Å². The molecule has 0 N–H and O–H groups in total. The van der Waals surface area contributed by atoms with Crippen molar-refractivity contribution in [2.75, 3.05) is 13.2 Å². The van der Waals surface area contributed by atoms with Crippen molar-refractivity contribution in [3.05, 3.63) is 48.5 Å². The van der Waals surface area contributed by atoms with Gasteiger partial charge in [0.15, 0.2) is 11.8 Å². The Kier molecular flexibility index (Phi) is 9.82. The first-order chi connectivity index (χ1) is 16.8. The SMILES string of the molecule is CCOC(=O)C(C#N)C=Nc1ccc(S(=O)(=O)c2ccc(N=CC(C#N)C(=O)OCC)cc2)cc1. The van der Waals surface area contributed by atoms with Crippen LogP contribution >= 0.6 is 0 Å². The zero-order valence-corrected chi connectivity index (χ0v) is 19.8. The number of aliphatic imine (C=N–C) groups is 2. The summed E-state index contributed by atoms with van der Waals surface area (Å²) >= 11 is 0. The number of carbonyl (C=O) groups is 2. The van der Waals surface area contributed by atoms with Gasteiger partial charge in [0.25, 0.3) is 0 Å². The van der Waals surface area contributed by atoms with E-state index in [1.54, 1.807) is 26.0 Å². The molecule has 0 radical (unpaired) electrons. The molecule has 0 aromatic heterocycles. The summed E-state index contributed by atoms with van der Waals surface area (Å²) in [5.74, 6) is -3.76. The predicted molar refractivity (Wildman–Crippen MR) is 126 cm³/mol. The van der Waals surface area contributed by atoms with Crippen molar-refractivity contribution in [3.63, 3.8) is 0 Å². The van der Waals surface area contributed by atoms with Crippen LogP contribution < -0.4 is 0 Å². The Balaban J connectivity index is 2.15. The Bertz CT molecular complexity index is 1190. The lowest BCUT2D eigenvalue weighted by atomic mass is 10.2. The maximum atomic E-state index is 12.9. The average Bonchev–Trinajstić information content (AvgIpc) is 2.86. The number of hydrogen-bond donors (Lipinski definition) is 0. The third-order valence-corrected chi connectivity index (χ3v) is 6.18. The largest absolute Gasteiger partial charge is 0.465 e. The van der Waals surface area contributed by atoms with Gasteiger partial charge in [0.2, 0.25) is 9.84 Å². The van der Waals surface area contributed by atoms with E-state index >= 15 is 0 Å². The first kappa shape index (κ1) is 26.9. The quantitative estimate of drug-likeness (QED) is 0.359. The highest BCUT2D eigenvalue weighted by Crippen LogP contribution is 2.25. The van der Waals surface area contributed by atoms with Gasteiger partial charge in [-0.1, -0.05) is 0 Å². The molecule has 2 rings (SSSR count). The first-order valence-electron chi connectivity index (χ1n) is 10.4. The summed E-state index contributed by atoms with van der Waals surface area (Å²) in [6, 6.07) is 14.8. The Morgan fingerprint density at radius 1 is 0.800 bits per heavy atom. The van der Waals surface area contributed by atoms with Crippen molar-refractivity contribution in [1.82, 2.24) is 0 Å². The minimum atomic E-state index is -3.84. The lowest BCUT2D eigenvalue weighted by Crippen LogP contribution is -2.17. The minimum absolute atomic E-state index is 0.0155. The summed E-state index contributed by atoms with van der Waals surface area (Å²) in [6.45, 7) is 3.52. The molecule has 0 spiro atoms. The van der Waals surface area contributed by atoms with E-state index in [4.69, 9.17) is 20.0 Å². The maximum Gasteiger partial charge on any atom is 0.328 e. The van der Waals surface area contributed by atoms with Crippen LogP contribution in [0.15, 0.2) is 68.3 Å². The van der Waals surface area contributed by atoms with Gasteiger partial charge in [0.05, 0.1) is 46.5 Å². The van der Waals surface area contributed by atoms with Crippen LogP contribution in [0.3, 0.4) is 0 Å². The fraction of sp³-hybridized carbons (Fsp3) is 0.250. The fourth-order valence-corrected chi connectivity index (χ4v) is 3.90. The molecule has 10 nitrogen and oxygen atoms in total. The van der Waals surface area contributed by atoms with E-state index in [2.05, 4.69) is 9.98 Å². The third kappa shape index (κ3) is 7.32. The Morgan fingerprint density at radius 3 is 1.43 bits per heavy atom. The van der Waals surface area contributed by atoms with Gasteiger partial charge in [-0.25, -0.2) is 8.42 Å². The lowest BCUT2D eigenvalue weighted by Gasteiger charge is -2.06. The number of nitrogens with zero attached hydrogens (tertiary/aromatic N) is 4. The molecule has 0 saturated heterocycles. The van der Waals surface area contributed by atoms with Crippen molar-refractivity contribution in [1.29, 1.82) is 10.5 Å². The number of ether oxygens (including phenoxy) is 2. The highest BCUT2D eigenvalue weighted by atomic mass is 32.2. The molecule has 180 valence electrons. The first-order valence-corrected chi connectivity index (χ1v) is 11.9. The number of rotatable bonds is 10.